The van der Waals surface area contributed by atoms with Gasteiger partial charge in [-0.05, 0) is 19.3 Å². The van der Waals surface area contributed by atoms with Crippen molar-refractivity contribution < 1.29 is 5.11 Å². The molecule has 0 heterocycles. The first-order chi connectivity index (χ1) is 10.8. The molecule has 1 atom stereocenters. The van der Waals surface area contributed by atoms with Gasteiger partial charge in [-0.3, -0.25) is 0 Å². The molecule has 0 aromatic carbocycles. The van der Waals surface area contributed by atoms with E-state index in [4.69, 9.17) is 0 Å². The lowest BCUT2D eigenvalue weighted by Crippen LogP contribution is -2.05. The topological polar surface area (TPSA) is 20.2 Å². The summed E-state index contributed by atoms with van der Waals surface area (Å²) < 4.78 is 0. The smallest absolute Gasteiger partial charge is 0.0549 e. The van der Waals surface area contributed by atoms with E-state index in [2.05, 4.69) is 25.7 Å². The Bertz CT molecular complexity index is 261. The van der Waals surface area contributed by atoms with Crippen LogP contribution < -0.4 is 0 Å². The third-order valence-electron chi connectivity index (χ3n) is 4.27. The van der Waals surface area contributed by atoms with E-state index < -0.39 is 0 Å². The number of rotatable bonds is 15. The minimum atomic E-state index is -0.130. The van der Waals surface area contributed by atoms with Crippen LogP contribution in [0.25, 0.3) is 0 Å². The zero-order valence-corrected chi connectivity index (χ0v) is 15.3. The zero-order chi connectivity index (χ0) is 16.3. The Balaban J connectivity index is 3.20. The average Bonchev–Trinajstić information content (AvgIpc) is 2.52. The first-order valence-corrected chi connectivity index (χ1v) is 9.95. The lowest BCUT2D eigenvalue weighted by molar-refractivity contribution is 0.152. The van der Waals surface area contributed by atoms with Gasteiger partial charge in [0.15, 0.2) is 0 Å². The summed E-state index contributed by atoms with van der Waals surface area (Å²) in [6.45, 7) is 4.46. The normalized spacial score (nSPS) is 12.0. The molecular formula is C21H40O. The van der Waals surface area contributed by atoms with E-state index in [1.807, 2.05) is 0 Å². The Morgan fingerprint density at radius 1 is 0.591 bits per heavy atom. The van der Waals surface area contributed by atoms with Gasteiger partial charge in [0.25, 0.3) is 0 Å². The Morgan fingerprint density at radius 3 is 1.68 bits per heavy atom. The summed E-state index contributed by atoms with van der Waals surface area (Å²) in [6.07, 6.45) is 19.6. The molecule has 0 radical (unpaired) electrons. The summed E-state index contributed by atoms with van der Waals surface area (Å²) in [6, 6.07) is 0. The van der Waals surface area contributed by atoms with Crippen molar-refractivity contribution in [1.82, 2.24) is 0 Å². The number of aliphatic hydroxyl groups is 1. The Hall–Kier alpha value is -0.480. The van der Waals surface area contributed by atoms with E-state index >= 15 is 0 Å². The molecule has 0 saturated heterocycles. The summed E-state index contributed by atoms with van der Waals surface area (Å²) >= 11 is 0. The van der Waals surface area contributed by atoms with Crippen molar-refractivity contribution in [3.05, 3.63) is 0 Å². The standard InChI is InChI=1S/C21H40O/c1-3-5-7-9-11-12-13-14-16-18-20-21(22)19-17-15-10-8-6-4-2/h21-22H,3-9,11-14,16-20H2,1-2H3. The van der Waals surface area contributed by atoms with Gasteiger partial charge in [-0.1, -0.05) is 84.5 Å². The molecule has 0 rings (SSSR count). The van der Waals surface area contributed by atoms with Crippen molar-refractivity contribution in [2.24, 2.45) is 0 Å². The molecule has 0 aliphatic heterocycles. The van der Waals surface area contributed by atoms with Crippen molar-refractivity contribution in [3.8, 4) is 11.8 Å². The van der Waals surface area contributed by atoms with Crippen LogP contribution >= 0.6 is 0 Å². The monoisotopic (exact) mass is 308 g/mol. The Labute approximate surface area is 140 Å². The molecule has 0 aromatic heterocycles. The maximum atomic E-state index is 9.91. The lowest BCUT2D eigenvalue weighted by atomic mass is 10.0. The molecule has 0 aliphatic carbocycles. The highest BCUT2D eigenvalue weighted by Crippen LogP contribution is 2.13. The molecule has 22 heavy (non-hydrogen) atoms. The van der Waals surface area contributed by atoms with E-state index in [1.54, 1.807) is 0 Å². The first-order valence-electron chi connectivity index (χ1n) is 9.95. The van der Waals surface area contributed by atoms with Crippen LogP contribution in [0.15, 0.2) is 0 Å². The minimum Gasteiger partial charge on any atom is -0.393 e. The maximum absolute atomic E-state index is 9.91. The van der Waals surface area contributed by atoms with Gasteiger partial charge in [0, 0.05) is 12.8 Å². The van der Waals surface area contributed by atoms with Crippen LogP contribution in [0.1, 0.15) is 117 Å². The van der Waals surface area contributed by atoms with Crippen LogP contribution in [0.5, 0.6) is 0 Å². The second-order valence-electron chi connectivity index (χ2n) is 6.62. The van der Waals surface area contributed by atoms with Crippen LogP contribution in [0.4, 0.5) is 0 Å². The second kappa shape index (κ2) is 18.6. The molecule has 130 valence electrons. The summed E-state index contributed by atoms with van der Waals surface area (Å²) in [4.78, 5) is 0. The molecule has 1 N–H and O–H groups in total. The Kier molecular flexibility index (Phi) is 18.2. The molecule has 0 saturated carbocycles. The van der Waals surface area contributed by atoms with E-state index in [1.165, 1.54) is 77.0 Å². The van der Waals surface area contributed by atoms with Gasteiger partial charge in [0.05, 0.1) is 6.10 Å². The van der Waals surface area contributed by atoms with Crippen molar-refractivity contribution >= 4 is 0 Å². The van der Waals surface area contributed by atoms with Gasteiger partial charge in [-0.2, -0.15) is 0 Å². The summed E-state index contributed by atoms with van der Waals surface area (Å²) in [5.41, 5.74) is 0. The summed E-state index contributed by atoms with van der Waals surface area (Å²) in [7, 11) is 0. The average molecular weight is 309 g/mol. The summed E-state index contributed by atoms with van der Waals surface area (Å²) in [5, 5.41) is 9.91. The van der Waals surface area contributed by atoms with Crippen LogP contribution in [-0.2, 0) is 0 Å². The molecule has 0 aliphatic rings. The largest absolute Gasteiger partial charge is 0.393 e. The molecule has 0 aromatic rings. The van der Waals surface area contributed by atoms with Crippen molar-refractivity contribution in [2.75, 3.05) is 0 Å². The highest BCUT2D eigenvalue weighted by molar-refractivity contribution is 4.98. The Morgan fingerprint density at radius 2 is 1.09 bits per heavy atom. The molecule has 0 spiro atoms. The van der Waals surface area contributed by atoms with Gasteiger partial charge in [-0.15, -0.1) is 11.8 Å². The van der Waals surface area contributed by atoms with E-state index in [0.29, 0.717) is 0 Å². The van der Waals surface area contributed by atoms with Crippen LogP contribution in [0.2, 0.25) is 0 Å². The van der Waals surface area contributed by atoms with Crippen molar-refractivity contribution in [1.29, 1.82) is 0 Å². The van der Waals surface area contributed by atoms with Gasteiger partial charge >= 0.3 is 0 Å². The first kappa shape index (κ1) is 21.5. The molecule has 0 fully saturated rings. The maximum Gasteiger partial charge on any atom is 0.0549 e. The summed E-state index contributed by atoms with van der Waals surface area (Å²) in [5.74, 6) is 6.37. The highest BCUT2D eigenvalue weighted by Gasteiger charge is 2.02. The second-order valence-corrected chi connectivity index (χ2v) is 6.62. The molecule has 0 bridgehead atoms. The van der Waals surface area contributed by atoms with Gasteiger partial charge in [-0.25, -0.2) is 0 Å². The van der Waals surface area contributed by atoms with Gasteiger partial charge < -0.3 is 5.11 Å². The zero-order valence-electron chi connectivity index (χ0n) is 15.3. The molecule has 1 heteroatoms. The number of aliphatic hydroxyl groups excluding tert-OH is 1. The quantitative estimate of drug-likeness (QED) is 0.266. The number of hydrogen-bond donors (Lipinski definition) is 1. The molecule has 1 nitrogen and oxygen atoms in total. The molecular weight excluding hydrogens is 268 g/mol. The van der Waals surface area contributed by atoms with E-state index in [0.717, 1.165) is 25.7 Å². The third kappa shape index (κ3) is 17.6. The third-order valence-corrected chi connectivity index (χ3v) is 4.27. The SMILES string of the molecule is CCCCC#CCCC(O)CCCCCCCCCCCC. The minimum absolute atomic E-state index is 0.130. The fourth-order valence-electron chi connectivity index (χ4n) is 2.69. The fourth-order valence-corrected chi connectivity index (χ4v) is 2.69. The van der Waals surface area contributed by atoms with Gasteiger partial charge in [0.1, 0.15) is 0 Å². The van der Waals surface area contributed by atoms with Crippen molar-refractivity contribution in [2.45, 2.75) is 123 Å². The van der Waals surface area contributed by atoms with E-state index in [-0.39, 0.29) is 6.10 Å². The lowest BCUT2D eigenvalue weighted by Gasteiger charge is -2.08. The number of hydrogen-bond acceptors (Lipinski definition) is 1. The van der Waals surface area contributed by atoms with Crippen LogP contribution in [-0.4, -0.2) is 11.2 Å². The fraction of sp³-hybridized carbons (Fsp3) is 0.905. The van der Waals surface area contributed by atoms with E-state index in [9.17, 15) is 5.11 Å². The molecule has 1 unspecified atom stereocenters. The van der Waals surface area contributed by atoms with Crippen LogP contribution in [0, 0.1) is 11.8 Å². The number of unbranched alkanes of at least 4 members (excludes halogenated alkanes) is 11. The van der Waals surface area contributed by atoms with Crippen molar-refractivity contribution in [3.63, 3.8) is 0 Å². The predicted octanol–water partition coefficient (Wildman–Crippen LogP) is 6.63. The molecule has 0 amide bonds. The predicted molar refractivity (Wildman–Crippen MR) is 99.0 cm³/mol. The van der Waals surface area contributed by atoms with Crippen LogP contribution in [0.3, 0.4) is 0 Å². The highest BCUT2D eigenvalue weighted by atomic mass is 16.3. The van der Waals surface area contributed by atoms with Gasteiger partial charge in [0.2, 0.25) is 0 Å².